The van der Waals surface area contributed by atoms with Gasteiger partial charge in [0.05, 0.1) is 17.6 Å². The molecule has 0 radical (unpaired) electrons. The maximum Gasteiger partial charge on any atom is 0.416 e. The van der Waals surface area contributed by atoms with Gasteiger partial charge in [0.2, 0.25) is 5.91 Å². The molecule has 142 valence electrons. The molecule has 0 unspecified atom stereocenters. The normalized spacial score (nSPS) is 12.0. The molecule has 3 nitrogen and oxygen atoms in total. The number of fused-ring (bicyclic) bond motifs is 3. The zero-order valence-corrected chi connectivity index (χ0v) is 14.4. The lowest BCUT2D eigenvalue weighted by atomic mass is 10.1. The highest BCUT2D eigenvalue weighted by molar-refractivity contribution is 6.17. The van der Waals surface area contributed by atoms with E-state index in [-0.39, 0.29) is 12.1 Å². The summed E-state index contributed by atoms with van der Waals surface area (Å²) < 4.78 is 55.1. The molecule has 0 aliphatic rings. The van der Waals surface area contributed by atoms with Crippen molar-refractivity contribution in [2.45, 2.75) is 12.7 Å². The molecule has 1 amide bonds. The van der Waals surface area contributed by atoms with E-state index >= 15 is 0 Å². The van der Waals surface area contributed by atoms with E-state index in [0.29, 0.717) is 22.0 Å². The topological polar surface area (TPSA) is 48.0 Å². The van der Waals surface area contributed by atoms with Crippen molar-refractivity contribution in [1.29, 1.82) is 0 Å². The number of hydrogen-bond donors (Lipinski definition) is 1. The molecule has 0 atom stereocenters. The Morgan fingerprint density at radius 3 is 2.39 bits per heavy atom. The largest absolute Gasteiger partial charge is 0.416 e. The number of nitrogens with two attached hydrogens (primary N) is 1. The van der Waals surface area contributed by atoms with Gasteiger partial charge in [-0.3, -0.25) is 4.79 Å². The number of carbonyl (C=O) groups excluding carboxylic acids is 1. The summed E-state index contributed by atoms with van der Waals surface area (Å²) in [5.74, 6) is -1.34. The summed E-state index contributed by atoms with van der Waals surface area (Å²) in [6, 6.07) is 14.4. The molecule has 4 rings (SSSR count). The molecule has 0 aliphatic heterocycles. The zero-order valence-electron chi connectivity index (χ0n) is 14.4. The van der Waals surface area contributed by atoms with Gasteiger partial charge in [-0.1, -0.05) is 24.3 Å². The number of benzene rings is 3. The SMILES string of the molecule is NC(=O)c1cccc2c1c1ccccc1n2Cc1cc(C(F)(F)F)ccc1F. The molecule has 0 spiro atoms. The third-order valence-corrected chi connectivity index (χ3v) is 4.76. The number of hydrogen-bond acceptors (Lipinski definition) is 1. The molecule has 2 N–H and O–H groups in total. The van der Waals surface area contributed by atoms with Crippen molar-refractivity contribution in [3.05, 3.63) is 83.2 Å². The van der Waals surface area contributed by atoms with Crippen LogP contribution in [-0.4, -0.2) is 10.5 Å². The van der Waals surface area contributed by atoms with Crippen molar-refractivity contribution in [3.63, 3.8) is 0 Å². The lowest BCUT2D eigenvalue weighted by molar-refractivity contribution is -0.137. The molecule has 0 saturated carbocycles. The van der Waals surface area contributed by atoms with Crippen LogP contribution in [0.15, 0.2) is 60.7 Å². The number of rotatable bonds is 3. The summed E-state index contributed by atoms with van der Waals surface area (Å²) in [5, 5.41) is 1.32. The number of primary amides is 1. The predicted molar refractivity (Wildman–Crippen MR) is 98.5 cm³/mol. The summed E-state index contributed by atoms with van der Waals surface area (Å²) in [4.78, 5) is 11.9. The van der Waals surface area contributed by atoms with Crippen molar-refractivity contribution in [2.24, 2.45) is 5.73 Å². The van der Waals surface area contributed by atoms with Crippen LogP contribution in [0.5, 0.6) is 0 Å². The average Bonchev–Trinajstić information content (AvgIpc) is 2.96. The number of alkyl halides is 3. The number of amides is 1. The van der Waals surface area contributed by atoms with Crippen molar-refractivity contribution in [1.82, 2.24) is 4.57 Å². The summed E-state index contributed by atoms with van der Waals surface area (Å²) in [6.45, 7) is -0.123. The molecule has 3 aromatic carbocycles. The monoisotopic (exact) mass is 386 g/mol. The summed E-state index contributed by atoms with van der Waals surface area (Å²) >= 11 is 0. The van der Waals surface area contributed by atoms with Crippen LogP contribution in [0.4, 0.5) is 17.6 Å². The number of nitrogens with zero attached hydrogens (tertiary/aromatic N) is 1. The maximum absolute atomic E-state index is 14.3. The van der Waals surface area contributed by atoms with E-state index in [1.807, 2.05) is 0 Å². The van der Waals surface area contributed by atoms with E-state index in [1.54, 1.807) is 47.0 Å². The van der Waals surface area contributed by atoms with Crippen LogP contribution in [0.2, 0.25) is 0 Å². The summed E-state index contributed by atoms with van der Waals surface area (Å²) in [6.07, 6.45) is -4.57. The van der Waals surface area contributed by atoms with Gasteiger partial charge < -0.3 is 10.3 Å². The molecule has 0 fully saturated rings. The number of halogens is 4. The fraction of sp³-hybridized carbons (Fsp3) is 0.0952. The van der Waals surface area contributed by atoms with Gasteiger partial charge in [0, 0.05) is 27.4 Å². The minimum atomic E-state index is -4.57. The van der Waals surface area contributed by atoms with E-state index < -0.39 is 23.5 Å². The van der Waals surface area contributed by atoms with Gasteiger partial charge in [0.25, 0.3) is 0 Å². The van der Waals surface area contributed by atoms with Crippen LogP contribution >= 0.6 is 0 Å². The van der Waals surface area contributed by atoms with Gasteiger partial charge in [-0.05, 0) is 36.4 Å². The summed E-state index contributed by atoms with van der Waals surface area (Å²) in [5.41, 5.74) is 6.05. The van der Waals surface area contributed by atoms with E-state index in [1.165, 1.54) is 0 Å². The van der Waals surface area contributed by atoms with Crippen LogP contribution in [0.25, 0.3) is 21.8 Å². The third-order valence-electron chi connectivity index (χ3n) is 4.76. The molecule has 0 bridgehead atoms. The molecule has 0 aliphatic carbocycles. The molecule has 7 heteroatoms. The fourth-order valence-electron chi connectivity index (χ4n) is 3.52. The molecule has 1 aromatic heterocycles. The van der Waals surface area contributed by atoms with Gasteiger partial charge in [-0.25, -0.2) is 4.39 Å². The number of para-hydroxylation sites is 1. The first-order valence-corrected chi connectivity index (χ1v) is 8.43. The van der Waals surface area contributed by atoms with E-state index in [2.05, 4.69) is 0 Å². The van der Waals surface area contributed by atoms with Crippen molar-refractivity contribution in [3.8, 4) is 0 Å². The Kier molecular flexibility index (Phi) is 4.10. The highest BCUT2D eigenvalue weighted by atomic mass is 19.4. The Hall–Kier alpha value is -3.35. The van der Waals surface area contributed by atoms with Crippen LogP contribution in [0.3, 0.4) is 0 Å². The second kappa shape index (κ2) is 6.37. The van der Waals surface area contributed by atoms with Gasteiger partial charge in [-0.15, -0.1) is 0 Å². The number of aromatic nitrogens is 1. The first-order chi connectivity index (χ1) is 13.3. The van der Waals surface area contributed by atoms with Gasteiger partial charge in [0.1, 0.15) is 5.82 Å². The Morgan fingerprint density at radius 2 is 1.68 bits per heavy atom. The molecule has 1 heterocycles. The van der Waals surface area contributed by atoms with E-state index in [0.717, 1.165) is 23.6 Å². The van der Waals surface area contributed by atoms with Crippen LogP contribution in [0, 0.1) is 5.82 Å². The molecule has 28 heavy (non-hydrogen) atoms. The van der Waals surface area contributed by atoms with Gasteiger partial charge >= 0.3 is 6.18 Å². The second-order valence-electron chi connectivity index (χ2n) is 6.47. The van der Waals surface area contributed by atoms with Gasteiger partial charge in [0.15, 0.2) is 0 Å². The standard InChI is InChI=1S/C21H14F4N2O/c22-16-9-8-13(21(23,24)25)10-12(16)11-27-17-6-2-1-4-14(17)19-15(20(26)28)5-3-7-18(19)27/h1-10H,11H2,(H2,26,28). The Bertz CT molecular complexity index is 1220. The van der Waals surface area contributed by atoms with E-state index in [9.17, 15) is 22.4 Å². The third kappa shape index (κ3) is 2.89. The van der Waals surface area contributed by atoms with Crippen LogP contribution in [0.1, 0.15) is 21.5 Å². The minimum absolute atomic E-state index is 0.0954. The molecule has 0 saturated heterocycles. The van der Waals surface area contributed by atoms with Crippen molar-refractivity contribution in [2.75, 3.05) is 0 Å². The zero-order chi connectivity index (χ0) is 20.1. The van der Waals surface area contributed by atoms with Crippen molar-refractivity contribution >= 4 is 27.7 Å². The quantitative estimate of drug-likeness (QED) is 0.490. The Labute approximate surface area is 157 Å². The first-order valence-electron chi connectivity index (χ1n) is 8.43. The Balaban J connectivity index is 1.97. The average molecular weight is 386 g/mol. The molecular weight excluding hydrogens is 372 g/mol. The lowest BCUT2D eigenvalue weighted by Crippen LogP contribution is -2.11. The smallest absolute Gasteiger partial charge is 0.366 e. The summed E-state index contributed by atoms with van der Waals surface area (Å²) in [7, 11) is 0. The van der Waals surface area contributed by atoms with Crippen LogP contribution < -0.4 is 5.73 Å². The number of carbonyl (C=O) groups is 1. The second-order valence-corrected chi connectivity index (χ2v) is 6.47. The highest BCUT2D eigenvalue weighted by Crippen LogP contribution is 2.34. The van der Waals surface area contributed by atoms with Crippen LogP contribution in [-0.2, 0) is 12.7 Å². The van der Waals surface area contributed by atoms with Gasteiger partial charge in [-0.2, -0.15) is 13.2 Å². The molecule has 4 aromatic rings. The maximum atomic E-state index is 14.3. The minimum Gasteiger partial charge on any atom is -0.366 e. The van der Waals surface area contributed by atoms with E-state index in [4.69, 9.17) is 5.73 Å². The molecular formula is C21H14F4N2O. The fourth-order valence-corrected chi connectivity index (χ4v) is 3.52. The van der Waals surface area contributed by atoms with Crippen molar-refractivity contribution < 1.29 is 22.4 Å². The lowest BCUT2D eigenvalue weighted by Gasteiger charge is -2.12. The first kappa shape index (κ1) is 18.0. The highest BCUT2D eigenvalue weighted by Gasteiger charge is 2.31. The Morgan fingerprint density at radius 1 is 0.964 bits per heavy atom. The predicted octanol–water partition coefficient (Wildman–Crippen LogP) is 5.10.